The van der Waals surface area contributed by atoms with E-state index in [0.717, 1.165) is 24.0 Å². The number of hydrogen-bond acceptors (Lipinski definition) is 5. The Bertz CT molecular complexity index is 894. The third kappa shape index (κ3) is 3.25. The van der Waals surface area contributed by atoms with Crippen molar-refractivity contribution in [1.82, 2.24) is 20.3 Å². The highest BCUT2D eigenvalue weighted by Gasteiger charge is 2.33. The number of aliphatic hydroxyl groups is 1. The summed E-state index contributed by atoms with van der Waals surface area (Å²) in [6.07, 6.45) is 4.62. The number of nitrogens with zero attached hydrogens (tertiary/aromatic N) is 3. The zero-order valence-electron chi connectivity index (χ0n) is 14.4. The Kier molecular flexibility index (Phi) is 4.30. The molecule has 1 aliphatic rings. The van der Waals surface area contributed by atoms with Crippen molar-refractivity contribution in [1.29, 1.82) is 0 Å². The maximum Gasteiger partial charge on any atom is 0.273 e. The second-order valence-electron chi connectivity index (χ2n) is 6.67. The van der Waals surface area contributed by atoms with E-state index < -0.39 is 6.10 Å². The Balaban J connectivity index is 1.33. The van der Waals surface area contributed by atoms with Gasteiger partial charge in [-0.05, 0) is 19.8 Å². The fourth-order valence-electron chi connectivity index (χ4n) is 3.07. The summed E-state index contributed by atoms with van der Waals surface area (Å²) >= 11 is 0. The number of benzene rings is 1. The molecule has 26 heavy (non-hydrogen) atoms. The summed E-state index contributed by atoms with van der Waals surface area (Å²) in [5.41, 5.74) is 1.96. The molecule has 0 bridgehead atoms. The standard InChI is InChI=1S/C19H20N4O3/c1-12(24)14-10-20-23(11-14)16-7-15(8-16)21-19(25)17-9-18(26-22-17)13-5-3-2-4-6-13/h2-6,9-12,15-16,24H,7-8H2,1H3,(H,21,25). The van der Waals surface area contributed by atoms with Crippen LogP contribution in [0.4, 0.5) is 0 Å². The van der Waals surface area contributed by atoms with Crippen LogP contribution in [0.25, 0.3) is 11.3 Å². The summed E-state index contributed by atoms with van der Waals surface area (Å²) < 4.78 is 7.13. The van der Waals surface area contributed by atoms with E-state index in [2.05, 4.69) is 15.6 Å². The average molecular weight is 352 g/mol. The first kappa shape index (κ1) is 16.5. The molecule has 1 aromatic carbocycles. The maximum absolute atomic E-state index is 12.3. The van der Waals surface area contributed by atoms with Gasteiger partial charge in [0.2, 0.25) is 0 Å². The summed E-state index contributed by atoms with van der Waals surface area (Å²) in [5, 5.41) is 20.7. The van der Waals surface area contributed by atoms with Gasteiger partial charge in [-0.2, -0.15) is 5.10 Å². The molecular weight excluding hydrogens is 332 g/mol. The molecule has 7 nitrogen and oxygen atoms in total. The average Bonchev–Trinajstić information content (AvgIpc) is 3.28. The minimum atomic E-state index is -0.523. The third-order valence-corrected chi connectivity index (χ3v) is 4.73. The zero-order chi connectivity index (χ0) is 18.1. The third-order valence-electron chi connectivity index (χ3n) is 4.73. The van der Waals surface area contributed by atoms with Crippen LogP contribution in [-0.4, -0.2) is 32.0 Å². The zero-order valence-corrected chi connectivity index (χ0v) is 14.4. The molecule has 7 heteroatoms. The number of aliphatic hydroxyl groups excluding tert-OH is 1. The molecule has 4 rings (SSSR count). The first-order valence-electron chi connectivity index (χ1n) is 8.65. The van der Waals surface area contributed by atoms with Gasteiger partial charge in [0, 0.05) is 29.4 Å². The van der Waals surface area contributed by atoms with Crippen LogP contribution in [0, 0.1) is 0 Å². The van der Waals surface area contributed by atoms with E-state index in [0.29, 0.717) is 5.76 Å². The molecule has 1 atom stereocenters. The molecule has 1 fully saturated rings. The molecule has 3 aromatic rings. The van der Waals surface area contributed by atoms with Gasteiger partial charge in [0.05, 0.1) is 18.3 Å². The van der Waals surface area contributed by atoms with Crippen molar-refractivity contribution >= 4 is 5.91 Å². The van der Waals surface area contributed by atoms with Crippen LogP contribution in [0.3, 0.4) is 0 Å². The highest BCUT2D eigenvalue weighted by atomic mass is 16.5. The number of hydrogen-bond donors (Lipinski definition) is 2. The Morgan fingerprint density at radius 3 is 2.81 bits per heavy atom. The highest BCUT2D eigenvalue weighted by Crippen LogP contribution is 2.32. The minimum Gasteiger partial charge on any atom is -0.389 e. The Labute approximate surface area is 150 Å². The van der Waals surface area contributed by atoms with Gasteiger partial charge in [-0.3, -0.25) is 9.48 Å². The van der Waals surface area contributed by atoms with Crippen molar-refractivity contribution in [2.45, 2.75) is 38.0 Å². The van der Waals surface area contributed by atoms with Gasteiger partial charge in [0.1, 0.15) is 0 Å². The quantitative estimate of drug-likeness (QED) is 0.736. The van der Waals surface area contributed by atoms with Crippen LogP contribution in [0.1, 0.15) is 48.0 Å². The van der Waals surface area contributed by atoms with E-state index in [1.165, 1.54) is 0 Å². The monoisotopic (exact) mass is 352 g/mol. The largest absolute Gasteiger partial charge is 0.389 e. The lowest BCUT2D eigenvalue weighted by Gasteiger charge is -2.35. The Morgan fingerprint density at radius 1 is 1.35 bits per heavy atom. The lowest BCUT2D eigenvalue weighted by atomic mass is 9.86. The van der Waals surface area contributed by atoms with E-state index >= 15 is 0 Å². The van der Waals surface area contributed by atoms with Crippen LogP contribution in [0.15, 0.2) is 53.3 Å². The number of rotatable bonds is 5. The molecule has 0 aliphatic heterocycles. The van der Waals surface area contributed by atoms with E-state index in [4.69, 9.17) is 4.52 Å². The van der Waals surface area contributed by atoms with Crippen LogP contribution in [-0.2, 0) is 0 Å². The van der Waals surface area contributed by atoms with Crippen molar-refractivity contribution < 1.29 is 14.4 Å². The van der Waals surface area contributed by atoms with Gasteiger partial charge >= 0.3 is 0 Å². The molecule has 0 spiro atoms. The van der Waals surface area contributed by atoms with E-state index in [1.807, 2.05) is 41.2 Å². The van der Waals surface area contributed by atoms with Crippen LogP contribution >= 0.6 is 0 Å². The fourth-order valence-corrected chi connectivity index (χ4v) is 3.07. The molecule has 134 valence electrons. The smallest absolute Gasteiger partial charge is 0.273 e. The molecular formula is C19H20N4O3. The maximum atomic E-state index is 12.3. The summed E-state index contributed by atoms with van der Waals surface area (Å²) in [5.74, 6) is 0.342. The predicted molar refractivity (Wildman–Crippen MR) is 94.3 cm³/mol. The van der Waals surface area contributed by atoms with E-state index in [-0.39, 0.29) is 23.7 Å². The number of aromatic nitrogens is 3. The highest BCUT2D eigenvalue weighted by molar-refractivity contribution is 5.93. The summed E-state index contributed by atoms with van der Waals surface area (Å²) in [6, 6.07) is 11.5. The van der Waals surface area contributed by atoms with Crippen LogP contribution in [0.5, 0.6) is 0 Å². The molecule has 2 heterocycles. The molecule has 1 unspecified atom stereocenters. The molecule has 1 saturated carbocycles. The minimum absolute atomic E-state index is 0.0866. The summed E-state index contributed by atoms with van der Waals surface area (Å²) in [7, 11) is 0. The fraction of sp³-hybridized carbons (Fsp3) is 0.316. The first-order valence-corrected chi connectivity index (χ1v) is 8.65. The number of nitrogens with one attached hydrogen (secondary N) is 1. The Morgan fingerprint density at radius 2 is 2.12 bits per heavy atom. The van der Waals surface area contributed by atoms with Crippen molar-refractivity contribution in [3.05, 3.63) is 60.0 Å². The van der Waals surface area contributed by atoms with Crippen molar-refractivity contribution in [3.63, 3.8) is 0 Å². The first-order chi connectivity index (χ1) is 12.6. The number of carbonyl (C=O) groups excluding carboxylic acids is 1. The SMILES string of the molecule is CC(O)c1cnn(C2CC(NC(=O)c3cc(-c4ccccc4)on3)C2)c1. The van der Waals surface area contributed by atoms with Crippen LogP contribution < -0.4 is 5.32 Å². The summed E-state index contributed by atoms with van der Waals surface area (Å²) in [4.78, 5) is 12.3. The molecule has 0 radical (unpaired) electrons. The predicted octanol–water partition coefficient (Wildman–Crippen LogP) is 2.72. The second kappa shape index (κ2) is 6.76. The van der Waals surface area contributed by atoms with Crippen molar-refractivity contribution in [2.75, 3.05) is 0 Å². The molecule has 1 amide bonds. The number of carbonyl (C=O) groups is 1. The van der Waals surface area contributed by atoms with E-state index in [9.17, 15) is 9.90 Å². The molecule has 2 aromatic heterocycles. The van der Waals surface area contributed by atoms with Gasteiger partial charge in [-0.15, -0.1) is 0 Å². The normalized spacial score (nSPS) is 20.4. The molecule has 0 saturated heterocycles. The van der Waals surface area contributed by atoms with Crippen molar-refractivity contribution in [2.24, 2.45) is 0 Å². The van der Waals surface area contributed by atoms with Gasteiger partial charge < -0.3 is 14.9 Å². The molecule has 2 N–H and O–H groups in total. The van der Waals surface area contributed by atoms with Gasteiger partial charge in [-0.25, -0.2) is 0 Å². The lowest BCUT2D eigenvalue weighted by molar-refractivity contribution is 0.0879. The van der Waals surface area contributed by atoms with Crippen LogP contribution in [0.2, 0.25) is 0 Å². The van der Waals surface area contributed by atoms with E-state index in [1.54, 1.807) is 19.2 Å². The summed E-state index contributed by atoms with van der Waals surface area (Å²) in [6.45, 7) is 1.72. The second-order valence-corrected chi connectivity index (χ2v) is 6.67. The topological polar surface area (TPSA) is 93.2 Å². The number of amides is 1. The van der Waals surface area contributed by atoms with Crippen molar-refractivity contribution in [3.8, 4) is 11.3 Å². The van der Waals surface area contributed by atoms with Gasteiger partial charge in [0.25, 0.3) is 5.91 Å². The van der Waals surface area contributed by atoms with Gasteiger partial charge in [0.15, 0.2) is 11.5 Å². The van der Waals surface area contributed by atoms with Gasteiger partial charge in [-0.1, -0.05) is 35.5 Å². The Hall–Kier alpha value is -2.93. The molecule has 1 aliphatic carbocycles. The lowest BCUT2D eigenvalue weighted by Crippen LogP contribution is -2.45.